The van der Waals surface area contributed by atoms with Gasteiger partial charge in [-0.1, -0.05) is 12.8 Å². The van der Waals surface area contributed by atoms with E-state index in [1.54, 1.807) is 11.6 Å². The van der Waals surface area contributed by atoms with Crippen LogP contribution in [0.3, 0.4) is 0 Å². The minimum absolute atomic E-state index is 0.0504. The van der Waals surface area contributed by atoms with Crippen LogP contribution in [0.1, 0.15) is 25.7 Å². The van der Waals surface area contributed by atoms with Crippen molar-refractivity contribution >= 4 is 32.9 Å². The molecule has 3 rings (SSSR count). The highest BCUT2D eigenvalue weighted by atomic mass is 32.1. The summed E-state index contributed by atoms with van der Waals surface area (Å²) in [5.74, 6) is 0. The molecule has 1 aliphatic carbocycles. The van der Waals surface area contributed by atoms with Crippen molar-refractivity contribution in [3.63, 3.8) is 0 Å². The van der Waals surface area contributed by atoms with E-state index in [9.17, 15) is 10.1 Å². The summed E-state index contributed by atoms with van der Waals surface area (Å²) >= 11 is 1.41. The molecule has 1 aromatic heterocycles. The number of nitro groups is 1. The number of hydrogen-bond donors (Lipinski definition) is 2. The highest BCUT2D eigenvalue weighted by Crippen LogP contribution is 2.35. The molecule has 106 valence electrons. The van der Waals surface area contributed by atoms with Gasteiger partial charge < -0.3 is 11.1 Å². The molecule has 1 fully saturated rings. The highest BCUT2D eigenvalue weighted by Gasteiger charge is 2.26. The summed E-state index contributed by atoms with van der Waals surface area (Å²) in [7, 11) is 0. The van der Waals surface area contributed by atoms with Crippen molar-refractivity contribution in [1.82, 2.24) is 4.98 Å². The average Bonchev–Trinajstić information content (AvgIpc) is 2.88. The molecule has 1 saturated carbocycles. The van der Waals surface area contributed by atoms with Crippen molar-refractivity contribution < 1.29 is 4.92 Å². The van der Waals surface area contributed by atoms with Gasteiger partial charge in [-0.05, 0) is 25.0 Å². The van der Waals surface area contributed by atoms with Crippen LogP contribution in [0.25, 0.3) is 10.2 Å². The fourth-order valence-electron chi connectivity index (χ4n) is 2.76. The fourth-order valence-corrected chi connectivity index (χ4v) is 3.44. The third-order valence-electron chi connectivity index (χ3n) is 3.82. The summed E-state index contributed by atoms with van der Waals surface area (Å²) in [6, 6.07) is 3.78. The Morgan fingerprint density at radius 2 is 2.20 bits per heavy atom. The van der Waals surface area contributed by atoms with E-state index < -0.39 is 0 Å². The zero-order valence-electron chi connectivity index (χ0n) is 10.9. The Morgan fingerprint density at radius 1 is 1.40 bits per heavy atom. The number of nitrogens with one attached hydrogen (secondary N) is 1. The summed E-state index contributed by atoms with van der Waals surface area (Å²) in [5.41, 5.74) is 8.77. The number of hydrogen-bond acceptors (Lipinski definition) is 6. The van der Waals surface area contributed by atoms with E-state index in [4.69, 9.17) is 5.73 Å². The molecule has 2 atom stereocenters. The van der Waals surface area contributed by atoms with Gasteiger partial charge in [-0.25, -0.2) is 4.98 Å². The Morgan fingerprint density at radius 3 is 2.95 bits per heavy atom. The van der Waals surface area contributed by atoms with Crippen molar-refractivity contribution in [2.45, 2.75) is 37.8 Å². The van der Waals surface area contributed by atoms with E-state index in [1.807, 2.05) is 6.07 Å². The third kappa shape index (κ3) is 2.34. The van der Waals surface area contributed by atoms with Gasteiger partial charge in [0.25, 0.3) is 0 Å². The lowest BCUT2D eigenvalue weighted by molar-refractivity contribution is -0.382. The lowest BCUT2D eigenvalue weighted by atomic mass is 9.91. The molecule has 0 aliphatic heterocycles. The Labute approximate surface area is 120 Å². The van der Waals surface area contributed by atoms with Gasteiger partial charge in [0.2, 0.25) is 0 Å². The number of fused-ring (bicyclic) bond motifs is 1. The SMILES string of the molecule is N[C@@H]1CCCC[C@H]1Nc1ccc2scnc2c1[N+](=O)[O-]. The van der Waals surface area contributed by atoms with Crippen molar-refractivity contribution in [1.29, 1.82) is 0 Å². The number of nitrogens with two attached hydrogens (primary N) is 1. The normalized spacial score (nSPS) is 22.9. The first-order chi connectivity index (χ1) is 9.66. The van der Waals surface area contributed by atoms with Gasteiger partial charge in [0.05, 0.1) is 15.1 Å². The first kappa shape index (κ1) is 13.3. The van der Waals surface area contributed by atoms with Crippen LogP contribution < -0.4 is 11.1 Å². The maximum absolute atomic E-state index is 11.4. The second-order valence-corrected chi connectivity index (χ2v) is 6.00. The van der Waals surface area contributed by atoms with Crippen molar-refractivity contribution in [2.75, 3.05) is 5.32 Å². The third-order valence-corrected chi connectivity index (χ3v) is 4.61. The van der Waals surface area contributed by atoms with Crippen LogP contribution in [-0.2, 0) is 0 Å². The minimum atomic E-state index is -0.362. The molecular weight excluding hydrogens is 276 g/mol. The smallest absolute Gasteiger partial charge is 0.319 e. The van der Waals surface area contributed by atoms with Gasteiger partial charge in [0.1, 0.15) is 5.69 Å². The van der Waals surface area contributed by atoms with Crippen LogP contribution in [-0.4, -0.2) is 22.0 Å². The van der Waals surface area contributed by atoms with Crippen molar-refractivity contribution in [2.24, 2.45) is 5.73 Å². The molecule has 0 saturated heterocycles. The molecule has 3 N–H and O–H groups in total. The second kappa shape index (κ2) is 5.34. The zero-order chi connectivity index (χ0) is 14.1. The van der Waals surface area contributed by atoms with Gasteiger partial charge in [0, 0.05) is 12.1 Å². The molecule has 1 heterocycles. The molecule has 2 aromatic rings. The van der Waals surface area contributed by atoms with Gasteiger partial charge in [0.15, 0.2) is 5.52 Å². The van der Waals surface area contributed by atoms with E-state index in [0.29, 0.717) is 11.2 Å². The van der Waals surface area contributed by atoms with E-state index in [1.165, 1.54) is 11.3 Å². The maximum atomic E-state index is 11.4. The minimum Gasteiger partial charge on any atom is -0.375 e. The van der Waals surface area contributed by atoms with Crippen LogP contribution in [0.2, 0.25) is 0 Å². The predicted octanol–water partition coefficient (Wildman–Crippen LogP) is 2.89. The van der Waals surface area contributed by atoms with E-state index >= 15 is 0 Å². The molecular formula is C13H16N4O2S. The lowest BCUT2D eigenvalue weighted by Gasteiger charge is -2.29. The zero-order valence-corrected chi connectivity index (χ0v) is 11.7. The van der Waals surface area contributed by atoms with E-state index in [0.717, 1.165) is 30.4 Å². The first-order valence-electron chi connectivity index (χ1n) is 6.69. The van der Waals surface area contributed by atoms with Crippen LogP contribution in [0.4, 0.5) is 11.4 Å². The summed E-state index contributed by atoms with van der Waals surface area (Å²) in [5, 5.41) is 14.6. The molecule has 20 heavy (non-hydrogen) atoms. The number of nitro benzene ring substituents is 1. The summed E-state index contributed by atoms with van der Waals surface area (Å²) in [4.78, 5) is 15.1. The Balaban J connectivity index is 1.97. The summed E-state index contributed by atoms with van der Waals surface area (Å²) in [6.45, 7) is 0. The molecule has 1 aliphatic rings. The molecule has 0 bridgehead atoms. The lowest BCUT2D eigenvalue weighted by Crippen LogP contribution is -2.42. The quantitative estimate of drug-likeness (QED) is 0.670. The molecule has 1 aromatic carbocycles. The predicted molar refractivity (Wildman–Crippen MR) is 80.1 cm³/mol. The van der Waals surface area contributed by atoms with Crippen LogP contribution in [0.15, 0.2) is 17.6 Å². The Hall–Kier alpha value is -1.73. The number of thiazole rings is 1. The van der Waals surface area contributed by atoms with Crippen LogP contribution in [0, 0.1) is 10.1 Å². The van der Waals surface area contributed by atoms with Gasteiger partial charge >= 0.3 is 5.69 Å². The number of nitrogens with zero attached hydrogens (tertiary/aromatic N) is 2. The number of anilines is 1. The molecule has 0 spiro atoms. The van der Waals surface area contributed by atoms with Gasteiger partial charge in [-0.15, -0.1) is 11.3 Å². The first-order valence-corrected chi connectivity index (χ1v) is 7.57. The standard InChI is InChI=1S/C13H16N4O2S/c14-8-3-1-2-4-9(8)16-10-5-6-11-12(15-7-20-11)13(10)17(18)19/h5-9,16H,1-4,14H2/t8-,9-/m1/s1. The topological polar surface area (TPSA) is 94.1 Å². The van der Waals surface area contributed by atoms with Gasteiger partial charge in [-0.2, -0.15) is 0 Å². The van der Waals surface area contributed by atoms with Gasteiger partial charge in [-0.3, -0.25) is 10.1 Å². The largest absolute Gasteiger partial charge is 0.375 e. The molecule has 0 amide bonds. The maximum Gasteiger partial charge on any atom is 0.319 e. The average molecular weight is 292 g/mol. The number of aromatic nitrogens is 1. The highest BCUT2D eigenvalue weighted by molar-refractivity contribution is 7.16. The van der Waals surface area contributed by atoms with Crippen LogP contribution >= 0.6 is 11.3 Å². The Kier molecular flexibility index (Phi) is 3.54. The van der Waals surface area contributed by atoms with Crippen molar-refractivity contribution in [3.05, 3.63) is 27.8 Å². The van der Waals surface area contributed by atoms with Crippen molar-refractivity contribution in [3.8, 4) is 0 Å². The van der Waals surface area contributed by atoms with Crippen LogP contribution in [0.5, 0.6) is 0 Å². The number of rotatable bonds is 3. The number of benzene rings is 1. The monoisotopic (exact) mass is 292 g/mol. The summed E-state index contributed by atoms with van der Waals surface area (Å²) in [6.07, 6.45) is 4.16. The molecule has 0 radical (unpaired) electrons. The van der Waals surface area contributed by atoms with E-state index in [-0.39, 0.29) is 22.7 Å². The molecule has 7 heteroatoms. The second-order valence-electron chi connectivity index (χ2n) is 5.12. The Bertz CT molecular complexity index is 642. The molecule has 6 nitrogen and oxygen atoms in total. The fraction of sp³-hybridized carbons (Fsp3) is 0.462. The molecule has 0 unspecified atom stereocenters. The summed E-state index contributed by atoms with van der Waals surface area (Å²) < 4.78 is 0.829. The van der Waals surface area contributed by atoms with E-state index in [2.05, 4.69) is 10.3 Å².